The lowest BCUT2D eigenvalue weighted by Gasteiger charge is -1.94. The normalized spacial score (nSPS) is 10.6. The van der Waals surface area contributed by atoms with Crippen molar-refractivity contribution in [2.45, 2.75) is 6.92 Å². The largest absolute Gasteiger partial charge is 0.294 e. The van der Waals surface area contributed by atoms with Crippen LogP contribution in [0.15, 0.2) is 18.2 Å². The summed E-state index contributed by atoms with van der Waals surface area (Å²) >= 11 is 7.10. The number of carbonyl (C=O) groups excluding carboxylic acids is 1. The van der Waals surface area contributed by atoms with Gasteiger partial charge >= 0.3 is 0 Å². The maximum Gasteiger partial charge on any atom is 0.184 e. The van der Waals surface area contributed by atoms with Crippen molar-refractivity contribution in [2.75, 3.05) is 0 Å². The monoisotopic (exact) mass is 211 g/mol. The molecule has 0 aliphatic carbocycles. The highest BCUT2D eigenvalue weighted by Gasteiger charge is 2.08. The van der Waals surface area contributed by atoms with Gasteiger partial charge in [0.05, 0.1) is 10.2 Å². The first-order valence-corrected chi connectivity index (χ1v) is 4.94. The molecule has 0 atom stereocenters. The molecule has 0 aliphatic rings. The molecular weight excluding hydrogens is 206 g/mol. The van der Waals surface area contributed by atoms with Crippen molar-refractivity contribution in [3.8, 4) is 0 Å². The number of fused-ring (bicyclic) bond motifs is 1. The molecule has 0 bridgehead atoms. The molecule has 0 N–H and O–H groups in total. The predicted octanol–water partition coefficient (Wildman–Crippen LogP) is 3.15. The number of rotatable bonds is 1. The molecule has 0 radical (unpaired) electrons. The number of Topliss-reactive ketones (excluding diaryl/α,β-unsaturated/α-hetero) is 1. The predicted molar refractivity (Wildman–Crippen MR) is 54.6 cm³/mol. The van der Waals surface area contributed by atoms with Crippen LogP contribution in [0.1, 0.15) is 17.3 Å². The standard InChI is InChI=1S/C9H6ClNOS/c1-5(12)6-3-2-4-7-8(6)13-9(10)11-7/h2-4H,1H3. The van der Waals surface area contributed by atoms with Crippen LogP contribution >= 0.6 is 22.9 Å². The number of nitrogens with zero attached hydrogens (tertiary/aromatic N) is 1. The van der Waals surface area contributed by atoms with E-state index < -0.39 is 0 Å². The maximum absolute atomic E-state index is 11.2. The lowest BCUT2D eigenvalue weighted by molar-refractivity contribution is 0.101. The minimum atomic E-state index is 0.0471. The quantitative estimate of drug-likeness (QED) is 0.679. The van der Waals surface area contributed by atoms with Gasteiger partial charge in [-0.25, -0.2) is 4.98 Å². The third kappa shape index (κ3) is 1.45. The molecule has 2 aromatic rings. The average Bonchev–Trinajstić information content (AvgIpc) is 2.43. The van der Waals surface area contributed by atoms with Gasteiger partial charge in [-0.15, -0.1) is 11.3 Å². The molecule has 66 valence electrons. The molecule has 2 rings (SSSR count). The molecule has 0 saturated carbocycles. The van der Waals surface area contributed by atoms with Gasteiger partial charge in [-0.2, -0.15) is 0 Å². The van der Waals surface area contributed by atoms with E-state index in [4.69, 9.17) is 11.6 Å². The second-order valence-electron chi connectivity index (χ2n) is 2.68. The van der Waals surface area contributed by atoms with Crippen molar-refractivity contribution in [1.29, 1.82) is 0 Å². The zero-order valence-electron chi connectivity index (χ0n) is 6.87. The van der Waals surface area contributed by atoms with Crippen LogP contribution < -0.4 is 0 Å². The first kappa shape index (κ1) is 8.66. The number of hydrogen-bond acceptors (Lipinski definition) is 3. The third-order valence-corrected chi connectivity index (χ3v) is 2.98. The Kier molecular flexibility index (Phi) is 2.06. The van der Waals surface area contributed by atoms with Crippen LogP contribution in [0.2, 0.25) is 4.47 Å². The molecule has 0 unspecified atom stereocenters. The second-order valence-corrected chi connectivity index (χ2v) is 4.26. The number of thiazole rings is 1. The maximum atomic E-state index is 11.2. The fraction of sp³-hybridized carbons (Fsp3) is 0.111. The van der Waals surface area contributed by atoms with Crippen LogP contribution in [0.5, 0.6) is 0 Å². The van der Waals surface area contributed by atoms with Crippen molar-refractivity contribution >= 4 is 38.9 Å². The first-order valence-electron chi connectivity index (χ1n) is 3.74. The number of benzene rings is 1. The Morgan fingerprint density at radius 1 is 1.54 bits per heavy atom. The van der Waals surface area contributed by atoms with Crippen molar-refractivity contribution in [3.05, 3.63) is 28.2 Å². The Morgan fingerprint density at radius 2 is 2.31 bits per heavy atom. The molecule has 1 heterocycles. The van der Waals surface area contributed by atoms with E-state index in [2.05, 4.69) is 4.98 Å². The molecule has 2 nitrogen and oxygen atoms in total. The molecular formula is C9H6ClNOS. The van der Waals surface area contributed by atoms with E-state index in [9.17, 15) is 4.79 Å². The summed E-state index contributed by atoms with van der Waals surface area (Å²) in [4.78, 5) is 15.3. The Hall–Kier alpha value is -0.930. The third-order valence-electron chi connectivity index (χ3n) is 1.77. The van der Waals surface area contributed by atoms with Crippen LogP contribution in [0.25, 0.3) is 10.2 Å². The summed E-state index contributed by atoms with van der Waals surface area (Å²) in [5, 5.41) is 0. The summed E-state index contributed by atoms with van der Waals surface area (Å²) < 4.78 is 1.35. The summed E-state index contributed by atoms with van der Waals surface area (Å²) in [6, 6.07) is 5.46. The molecule has 1 aromatic carbocycles. The van der Waals surface area contributed by atoms with Gasteiger partial charge in [0, 0.05) is 5.56 Å². The summed E-state index contributed by atoms with van der Waals surface area (Å²) in [7, 11) is 0. The summed E-state index contributed by atoms with van der Waals surface area (Å²) in [6.07, 6.45) is 0. The van der Waals surface area contributed by atoms with Crippen LogP contribution in [0.4, 0.5) is 0 Å². The zero-order valence-corrected chi connectivity index (χ0v) is 8.45. The summed E-state index contributed by atoms with van der Waals surface area (Å²) in [6.45, 7) is 1.54. The summed E-state index contributed by atoms with van der Waals surface area (Å²) in [5.41, 5.74) is 1.49. The molecule has 0 spiro atoms. The van der Waals surface area contributed by atoms with E-state index in [1.54, 1.807) is 13.0 Å². The highest BCUT2D eigenvalue weighted by atomic mass is 35.5. The van der Waals surface area contributed by atoms with E-state index in [0.29, 0.717) is 10.0 Å². The summed E-state index contributed by atoms with van der Waals surface area (Å²) in [5.74, 6) is 0.0471. The van der Waals surface area contributed by atoms with Gasteiger partial charge < -0.3 is 0 Å². The van der Waals surface area contributed by atoms with Gasteiger partial charge in [0.15, 0.2) is 10.3 Å². The number of halogens is 1. The van der Waals surface area contributed by atoms with Crippen LogP contribution in [0, 0.1) is 0 Å². The second kappa shape index (κ2) is 3.09. The van der Waals surface area contributed by atoms with Crippen molar-refractivity contribution in [2.24, 2.45) is 0 Å². The number of aromatic nitrogens is 1. The van der Waals surface area contributed by atoms with E-state index in [-0.39, 0.29) is 5.78 Å². The Bertz CT molecular complexity index is 477. The minimum Gasteiger partial charge on any atom is -0.294 e. The molecule has 0 amide bonds. The highest BCUT2D eigenvalue weighted by molar-refractivity contribution is 7.22. The molecule has 0 fully saturated rings. The number of hydrogen-bond donors (Lipinski definition) is 0. The van der Waals surface area contributed by atoms with Crippen LogP contribution in [0.3, 0.4) is 0 Å². The Morgan fingerprint density at radius 3 is 3.00 bits per heavy atom. The molecule has 0 aliphatic heterocycles. The Labute approximate surface area is 84.2 Å². The highest BCUT2D eigenvalue weighted by Crippen LogP contribution is 2.28. The van der Waals surface area contributed by atoms with Crippen molar-refractivity contribution < 1.29 is 4.79 Å². The topological polar surface area (TPSA) is 30.0 Å². The molecule has 4 heteroatoms. The molecule has 1 aromatic heterocycles. The molecule has 0 saturated heterocycles. The van der Waals surface area contributed by atoms with Gasteiger partial charge in [-0.3, -0.25) is 4.79 Å². The number of ketones is 1. The minimum absolute atomic E-state index is 0.0471. The number of carbonyl (C=O) groups is 1. The van der Waals surface area contributed by atoms with E-state index in [1.165, 1.54) is 11.3 Å². The van der Waals surface area contributed by atoms with Gasteiger partial charge in [-0.05, 0) is 19.1 Å². The van der Waals surface area contributed by atoms with Crippen molar-refractivity contribution in [3.63, 3.8) is 0 Å². The van der Waals surface area contributed by atoms with Crippen LogP contribution in [-0.2, 0) is 0 Å². The SMILES string of the molecule is CC(=O)c1cccc2nc(Cl)sc12. The van der Waals surface area contributed by atoms with E-state index in [0.717, 1.165) is 10.2 Å². The lowest BCUT2D eigenvalue weighted by Crippen LogP contribution is -1.90. The fourth-order valence-corrected chi connectivity index (χ4v) is 2.37. The van der Waals surface area contributed by atoms with Gasteiger partial charge in [0.1, 0.15) is 0 Å². The molecule has 13 heavy (non-hydrogen) atoms. The van der Waals surface area contributed by atoms with Gasteiger partial charge in [0.25, 0.3) is 0 Å². The average molecular weight is 212 g/mol. The zero-order chi connectivity index (χ0) is 9.42. The van der Waals surface area contributed by atoms with Gasteiger partial charge in [0.2, 0.25) is 0 Å². The lowest BCUT2D eigenvalue weighted by atomic mass is 10.1. The first-order chi connectivity index (χ1) is 6.18. The van der Waals surface area contributed by atoms with E-state index in [1.807, 2.05) is 12.1 Å². The van der Waals surface area contributed by atoms with E-state index >= 15 is 0 Å². The van der Waals surface area contributed by atoms with Crippen LogP contribution in [-0.4, -0.2) is 10.8 Å². The Balaban J connectivity index is 2.82. The van der Waals surface area contributed by atoms with Gasteiger partial charge in [-0.1, -0.05) is 17.7 Å². The fourth-order valence-electron chi connectivity index (χ4n) is 1.20. The van der Waals surface area contributed by atoms with Crippen molar-refractivity contribution in [1.82, 2.24) is 4.98 Å². The smallest absolute Gasteiger partial charge is 0.184 e.